The Morgan fingerprint density at radius 1 is 1.38 bits per heavy atom. The normalized spacial score (nSPS) is 23.5. The van der Waals surface area contributed by atoms with Crippen LogP contribution in [-0.4, -0.2) is 31.3 Å². The molecule has 0 aromatic heterocycles. The van der Waals surface area contributed by atoms with E-state index < -0.39 is 11.7 Å². The monoisotopic (exact) mass is 229 g/mol. The van der Waals surface area contributed by atoms with Crippen LogP contribution in [0.5, 0.6) is 0 Å². The Morgan fingerprint density at radius 2 is 2.00 bits per heavy atom. The zero-order chi connectivity index (χ0) is 12.3. The number of alkyl carbamates (subject to hydrolysis) is 1. The van der Waals surface area contributed by atoms with Gasteiger partial charge in [0, 0.05) is 6.54 Å². The number of carbonyl (C=O) groups excluding carboxylic acids is 2. The van der Waals surface area contributed by atoms with E-state index in [1.807, 2.05) is 0 Å². The van der Waals surface area contributed by atoms with Crippen molar-refractivity contribution in [2.45, 2.75) is 32.8 Å². The van der Waals surface area contributed by atoms with Crippen LogP contribution in [0.2, 0.25) is 0 Å². The van der Waals surface area contributed by atoms with Crippen molar-refractivity contribution in [2.24, 2.45) is 11.8 Å². The summed E-state index contributed by atoms with van der Waals surface area (Å²) < 4.78 is 9.68. The number of nitrogens with one attached hydrogen (secondary N) is 1. The van der Waals surface area contributed by atoms with Crippen molar-refractivity contribution < 1.29 is 19.1 Å². The van der Waals surface area contributed by atoms with Crippen LogP contribution < -0.4 is 5.32 Å². The molecule has 1 saturated carbocycles. The number of methoxy groups -OCH3 is 1. The smallest absolute Gasteiger partial charge is 0.407 e. The fourth-order valence-corrected chi connectivity index (χ4v) is 1.44. The van der Waals surface area contributed by atoms with Crippen molar-refractivity contribution in [3.63, 3.8) is 0 Å². The topological polar surface area (TPSA) is 64.6 Å². The predicted octanol–water partition coefficient (Wildman–Crippen LogP) is 1.32. The molecule has 5 heteroatoms. The molecule has 1 N–H and O–H groups in total. The van der Waals surface area contributed by atoms with E-state index >= 15 is 0 Å². The molecule has 1 aliphatic carbocycles. The average Bonchev–Trinajstić information content (AvgIpc) is 2.90. The summed E-state index contributed by atoms with van der Waals surface area (Å²) in [4.78, 5) is 22.4. The maximum Gasteiger partial charge on any atom is 0.407 e. The molecular formula is C11H19NO4. The Morgan fingerprint density at radius 3 is 2.50 bits per heavy atom. The Labute approximate surface area is 95.5 Å². The average molecular weight is 229 g/mol. The van der Waals surface area contributed by atoms with Crippen LogP contribution >= 0.6 is 0 Å². The van der Waals surface area contributed by atoms with Gasteiger partial charge in [0.25, 0.3) is 0 Å². The Hall–Kier alpha value is -1.26. The van der Waals surface area contributed by atoms with Crippen LogP contribution in [-0.2, 0) is 14.3 Å². The van der Waals surface area contributed by atoms with Crippen molar-refractivity contribution in [2.75, 3.05) is 13.7 Å². The van der Waals surface area contributed by atoms with E-state index in [4.69, 9.17) is 4.74 Å². The molecule has 0 unspecified atom stereocenters. The van der Waals surface area contributed by atoms with Crippen molar-refractivity contribution in [1.82, 2.24) is 5.32 Å². The van der Waals surface area contributed by atoms with Gasteiger partial charge in [-0.25, -0.2) is 4.79 Å². The summed E-state index contributed by atoms with van der Waals surface area (Å²) in [7, 11) is 1.37. The minimum atomic E-state index is -0.491. The highest BCUT2D eigenvalue weighted by Crippen LogP contribution is 2.38. The lowest BCUT2D eigenvalue weighted by Gasteiger charge is -2.19. The largest absolute Gasteiger partial charge is 0.469 e. The van der Waals surface area contributed by atoms with Crippen LogP contribution in [0.4, 0.5) is 4.79 Å². The molecular weight excluding hydrogens is 210 g/mol. The quantitative estimate of drug-likeness (QED) is 0.741. The van der Waals surface area contributed by atoms with Gasteiger partial charge in [0.1, 0.15) is 5.60 Å². The standard InChI is InChI=1S/C11H19NO4/c1-11(2,3)16-10(14)12-6-7-5-8(7)9(13)15-4/h7-8H,5-6H2,1-4H3,(H,12,14)/t7-,8+/m0/s1. The van der Waals surface area contributed by atoms with E-state index in [2.05, 4.69) is 10.1 Å². The molecule has 0 spiro atoms. The van der Waals surface area contributed by atoms with Gasteiger partial charge in [-0.3, -0.25) is 4.79 Å². The first-order valence-corrected chi connectivity index (χ1v) is 5.38. The highest BCUT2D eigenvalue weighted by Gasteiger charge is 2.43. The molecule has 1 aliphatic rings. The lowest BCUT2D eigenvalue weighted by Crippen LogP contribution is -2.33. The minimum Gasteiger partial charge on any atom is -0.469 e. The van der Waals surface area contributed by atoms with Crippen molar-refractivity contribution in [1.29, 1.82) is 0 Å². The van der Waals surface area contributed by atoms with E-state index in [0.29, 0.717) is 6.54 Å². The summed E-state index contributed by atoms with van der Waals surface area (Å²) in [6, 6.07) is 0. The summed E-state index contributed by atoms with van der Waals surface area (Å²) >= 11 is 0. The second-order valence-electron chi connectivity index (χ2n) is 5.01. The number of rotatable bonds is 3. The van der Waals surface area contributed by atoms with E-state index in [1.54, 1.807) is 20.8 Å². The SMILES string of the molecule is COC(=O)[C@@H]1C[C@H]1CNC(=O)OC(C)(C)C. The lowest BCUT2D eigenvalue weighted by molar-refractivity contribution is -0.142. The number of hydrogen-bond donors (Lipinski definition) is 1. The first kappa shape index (κ1) is 12.8. The summed E-state index contributed by atoms with van der Waals surface area (Å²) in [5, 5.41) is 2.64. The molecule has 0 heterocycles. The molecule has 0 bridgehead atoms. The van der Waals surface area contributed by atoms with Crippen LogP contribution in [0.15, 0.2) is 0 Å². The summed E-state index contributed by atoms with van der Waals surface area (Å²) in [5.74, 6) is -0.0594. The molecule has 0 aromatic rings. The molecule has 5 nitrogen and oxygen atoms in total. The van der Waals surface area contributed by atoms with Crippen LogP contribution in [0, 0.1) is 11.8 Å². The van der Waals surface area contributed by atoms with Crippen LogP contribution in [0.1, 0.15) is 27.2 Å². The molecule has 0 saturated heterocycles. The first-order chi connectivity index (χ1) is 7.33. The maximum absolute atomic E-state index is 11.3. The predicted molar refractivity (Wildman–Crippen MR) is 57.8 cm³/mol. The summed E-state index contributed by atoms with van der Waals surface area (Å²) in [5.41, 5.74) is -0.491. The molecule has 1 fully saturated rings. The molecule has 1 amide bonds. The van der Waals surface area contributed by atoms with Gasteiger partial charge >= 0.3 is 12.1 Å². The van der Waals surface area contributed by atoms with Gasteiger partial charge in [-0.1, -0.05) is 0 Å². The molecule has 92 valence electrons. The van der Waals surface area contributed by atoms with Gasteiger partial charge in [0.05, 0.1) is 13.0 Å². The fraction of sp³-hybridized carbons (Fsp3) is 0.818. The Balaban J connectivity index is 2.18. The third-order valence-corrected chi connectivity index (χ3v) is 2.33. The number of carbonyl (C=O) groups is 2. The zero-order valence-corrected chi connectivity index (χ0v) is 10.2. The second-order valence-corrected chi connectivity index (χ2v) is 5.01. The number of hydrogen-bond acceptors (Lipinski definition) is 4. The zero-order valence-electron chi connectivity index (χ0n) is 10.2. The molecule has 0 aliphatic heterocycles. The van der Waals surface area contributed by atoms with Gasteiger partial charge in [-0.05, 0) is 33.1 Å². The number of ether oxygens (including phenoxy) is 2. The van der Waals surface area contributed by atoms with Crippen molar-refractivity contribution >= 4 is 12.1 Å². The van der Waals surface area contributed by atoms with Gasteiger partial charge < -0.3 is 14.8 Å². The number of amides is 1. The third kappa shape index (κ3) is 4.08. The van der Waals surface area contributed by atoms with Crippen LogP contribution in [0.25, 0.3) is 0 Å². The number of esters is 1. The van der Waals surface area contributed by atoms with E-state index in [-0.39, 0.29) is 17.8 Å². The second kappa shape index (κ2) is 4.72. The van der Waals surface area contributed by atoms with E-state index in [1.165, 1.54) is 7.11 Å². The highest BCUT2D eigenvalue weighted by molar-refractivity contribution is 5.76. The maximum atomic E-state index is 11.3. The van der Waals surface area contributed by atoms with Gasteiger partial charge in [-0.2, -0.15) is 0 Å². The molecule has 1 rings (SSSR count). The molecule has 0 aromatic carbocycles. The van der Waals surface area contributed by atoms with Crippen molar-refractivity contribution in [3.8, 4) is 0 Å². The van der Waals surface area contributed by atoms with Gasteiger partial charge in [0.2, 0.25) is 0 Å². The van der Waals surface area contributed by atoms with Crippen molar-refractivity contribution in [3.05, 3.63) is 0 Å². The summed E-state index contributed by atoms with van der Waals surface area (Å²) in [6.45, 7) is 5.89. The lowest BCUT2D eigenvalue weighted by atomic mass is 10.2. The Bertz CT molecular complexity index is 282. The third-order valence-electron chi connectivity index (χ3n) is 2.33. The fourth-order valence-electron chi connectivity index (χ4n) is 1.44. The molecule has 0 radical (unpaired) electrons. The van der Waals surface area contributed by atoms with Gasteiger partial charge in [-0.15, -0.1) is 0 Å². The molecule has 16 heavy (non-hydrogen) atoms. The highest BCUT2D eigenvalue weighted by atomic mass is 16.6. The minimum absolute atomic E-state index is 0.0556. The van der Waals surface area contributed by atoms with E-state index in [9.17, 15) is 9.59 Å². The first-order valence-electron chi connectivity index (χ1n) is 5.38. The van der Waals surface area contributed by atoms with E-state index in [0.717, 1.165) is 6.42 Å². The Kier molecular flexibility index (Phi) is 3.78. The summed E-state index contributed by atoms with van der Waals surface area (Å²) in [6.07, 6.45) is 0.339. The van der Waals surface area contributed by atoms with Crippen LogP contribution in [0.3, 0.4) is 0 Å². The molecule has 2 atom stereocenters. The van der Waals surface area contributed by atoms with Gasteiger partial charge in [0.15, 0.2) is 0 Å².